The van der Waals surface area contributed by atoms with Crippen molar-refractivity contribution in [3.05, 3.63) is 48.2 Å². The summed E-state index contributed by atoms with van der Waals surface area (Å²) in [5.74, 6) is 1.93. The summed E-state index contributed by atoms with van der Waals surface area (Å²) >= 11 is 0. The molecule has 0 aliphatic rings. The molecule has 1 heterocycles. The Balaban J connectivity index is 1.86. The highest BCUT2D eigenvalue weighted by molar-refractivity contribution is 5.64. The Labute approximate surface area is 147 Å². The molecule has 0 radical (unpaired) electrons. The number of hydrogen-bond donors (Lipinski definition) is 2. The molecule has 0 spiro atoms. The summed E-state index contributed by atoms with van der Waals surface area (Å²) in [6.07, 6.45) is 2.26. The number of amides is 1. The number of hydrogen-bond acceptors (Lipinski definition) is 4. The Bertz CT molecular complexity index is 669. The molecule has 0 bridgehead atoms. The van der Waals surface area contributed by atoms with Crippen molar-refractivity contribution in [3.63, 3.8) is 0 Å². The molecule has 1 aromatic carbocycles. The van der Waals surface area contributed by atoms with Crippen molar-refractivity contribution in [1.29, 1.82) is 0 Å². The summed E-state index contributed by atoms with van der Waals surface area (Å²) in [6, 6.07) is 11.3. The maximum Gasteiger partial charge on any atom is 0.404 e. The Morgan fingerprint density at radius 1 is 1.12 bits per heavy atom. The second kappa shape index (κ2) is 8.92. The number of pyridine rings is 1. The van der Waals surface area contributed by atoms with E-state index in [1.807, 2.05) is 51.1 Å². The number of aromatic nitrogens is 1. The first-order valence-corrected chi connectivity index (χ1v) is 8.31. The van der Waals surface area contributed by atoms with Gasteiger partial charge in [-0.25, -0.2) is 9.78 Å². The van der Waals surface area contributed by atoms with E-state index in [4.69, 9.17) is 14.6 Å². The van der Waals surface area contributed by atoms with Crippen molar-refractivity contribution < 1.29 is 19.4 Å². The summed E-state index contributed by atoms with van der Waals surface area (Å²) in [4.78, 5) is 14.8. The largest absolute Gasteiger partial charge is 0.475 e. The summed E-state index contributed by atoms with van der Waals surface area (Å²) < 4.78 is 11.3. The first-order chi connectivity index (χ1) is 11.9. The summed E-state index contributed by atoms with van der Waals surface area (Å²) in [7, 11) is 0. The fourth-order valence-corrected chi connectivity index (χ4v) is 2.26. The number of ether oxygens (including phenoxy) is 2. The third-order valence-corrected chi connectivity index (χ3v) is 3.46. The lowest BCUT2D eigenvalue weighted by atomic mass is 10.1. The van der Waals surface area contributed by atoms with E-state index in [-0.39, 0.29) is 12.1 Å². The van der Waals surface area contributed by atoms with Crippen LogP contribution in [0.15, 0.2) is 42.6 Å². The first-order valence-electron chi connectivity index (χ1n) is 8.31. The molecule has 2 aromatic rings. The maximum absolute atomic E-state index is 10.6. The number of nitrogens with zero attached hydrogens (tertiary/aromatic N) is 1. The average Bonchev–Trinajstić information content (AvgIpc) is 2.55. The van der Waals surface area contributed by atoms with E-state index in [0.29, 0.717) is 11.6 Å². The Morgan fingerprint density at radius 3 is 2.36 bits per heavy atom. The Morgan fingerprint density at radius 2 is 1.80 bits per heavy atom. The van der Waals surface area contributed by atoms with Crippen molar-refractivity contribution in [3.8, 4) is 17.4 Å². The summed E-state index contributed by atoms with van der Waals surface area (Å²) in [5, 5.41) is 11.1. The number of aryl methyl sites for hydroxylation is 1. The predicted molar refractivity (Wildman–Crippen MR) is 95.5 cm³/mol. The Hall–Kier alpha value is -2.76. The van der Waals surface area contributed by atoms with E-state index in [1.165, 1.54) is 0 Å². The van der Waals surface area contributed by atoms with E-state index >= 15 is 0 Å². The van der Waals surface area contributed by atoms with Crippen LogP contribution in [0.1, 0.15) is 32.8 Å². The zero-order valence-corrected chi connectivity index (χ0v) is 14.7. The number of benzene rings is 1. The minimum Gasteiger partial charge on any atom is -0.475 e. The number of carboxylic acid groups (broad SMARTS) is 1. The third kappa shape index (κ3) is 6.71. The zero-order valence-electron chi connectivity index (χ0n) is 14.7. The standard InChI is InChI=1S/C19H24N2O4/c1-13(2)24-18-11-10-17(12-20-18)25-16-8-6-15(7-9-16)5-4-14(3)21-19(22)23/h6-14,21H,4-5H2,1-3H3,(H,22,23). The molecule has 2 rings (SSSR count). The van der Waals surface area contributed by atoms with Gasteiger partial charge in [-0.2, -0.15) is 0 Å². The van der Waals surface area contributed by atoms with Gasteiger partial charge in [0, 0.05) is 12.1 Å². The predicted octanol–water partition coefficient (Wildman–Crippen LogP) is 4.25. The summed E-state index contributed by atoms with van der Waals surface area (Å²) in [6.45, 7) is 5.75. The van der Waals surface area contributed by atoms with Crippen LogP contribution in [0.3, 0.4) is 0 Å². The highest BCUT2D eigenvalue weighted by Crippen LogP contribution is 2.23. The quantitative estimate of drug-likeness (QED) is 0.748. The van der Waals surface area contributed by atoms with E-state index in [2.05, 4.69) is 10.3 Å². The molecule has 6 nitrogen and oxygen atoms in total. The molecule has 0 aliphatic carbocycles. The van der Waals surface area contributed by atoms with Gasteiger partial charge in [0.25, 0.3) is 0 Å². The molecule has 2 N–H and O–H groups in total. The smallest absolute Gasteiger partial charge is 0.404 e. The van der Waals surface area contributed by atoms with E-state index in [1.54, 1.807) is 12.3 Å². The molecule has 1 unspecified atom stereocenters. The van der Waals surface area contributed by atoms with Crippen LogP contribution >= 0.6 is 0 Å². The molecule has 134 valence electrons. The van der Waals surface area contributed by atoms with Crippen LogP contribution in [0, 0.1) is 0 Å². The lowest BCUT2D eigenvalue weighted by Crippen LogP contribution is -2.31. The van der Waals surface area contributed by atoms with Crippen molar-refractivity contribution in [2.24, 2.45) is 0 Å². The molecule has 0 saturated carbocycles. The van der Waals surface area contributed by atoms with Crippen LogP contribution in [0.2, 0.25) is 0 Å². The van der Waals surface area contributed by atoms with Gasteiger partial charge in [0.2, 0.25) is 5.88 Å². The molecule has 6 heteroatoms. The fourth-order valence-electron chi connectivity index (χ4n) is 2.26. The third-order valence-electron chi connectivity index (χ3n) is 3.46. The van der Waals surface area contributed by atoms with Crippen molar-refractivity contribution >= 4 is 6.09 Å². The van der Waals surface area contributed by atoms with Gasteiger partial charge in [-0.05, 0) is 57.4 Å². The van der Waals surface area contributed by atoms with Crippen LogP contribution in [0.4, 0.5) is 4.79 Å². The van der Waals surface area contributed by atoms with Crippen LogP contribution in [0.25, 0.3) is 0 Å². The lowest BCUT2D eigenvalue weighted by molar-refractivity contribution is 0.190. The summed E-state index contributed by atoms with van der Waals surface area (Å²) in [5.41, 5.74) is 1.13. The number of rotatable bonds is 8. The SMILES string of the molecule is CC(CCc1ccc(Oc2ccc(OC(C)C)nc2)cc1)NC(=O)O. The van der Waals surface area contributed by atoms with Gasteiger partial charge in [0.05, 0.1) is 12.3 Å². The normalized spacial score (nSPS) is 11.8. The molecule has 0 fully saturated rings. The molecule has 1 amide bonds. The lowest BCUT2D eigenvalue weighted by Gasteiger charge is -2.12. The molecule has 0 saturated heterocycles. The van der Waals surface area contributed by atoms with Crippen LogP contribution < -0.4 is 14.8 Å². The van der Waals surface area contributed by atoms with Gasteiger partial charge in [-0.1, -0.05) is 12.1 Å². The molecule has 25 heavy (non-hydrogen) atoms. The van der Waals surface area contributed by atoms with Crippen molar-refractivity contribution in [2.45, 2.75) is 45.8 Å². The molecular weight excluding hydrogens is 320 g/mol. The maximum atomic E-state index is 10.6. The van der Waals surface area contributed by atoms with Crippen LogP contribution in [0.5, 0.6) is 17.4 Å². The van der Waals surface area contributed by atoms with Gasteiger partial charge in [-0.3, -0.25) is 0 Å². The van der Waals surface area contributed by atoms with E-state index in [0.717, 1.165) is 24.2 Å². The van der Waals surface area contributed by atoms with Crippen molar-refractivity contribution in [2.75, 3.05) is 0 Å². The minimum absolute atomic E-state index is 0.0777. The molecular formula is C19H24N2O4. The zero-order chi connectivity index (χ0) is 18.2. The molecule has 1 atom stereocenters. The number of carbonyl (C=O) groups is 1. The van der Waals surface area contributed by atoms with Crippen LogP contribution in [-0.4, -0.2) is 28.3 Å². The van der Waals surface area contributed by atoms with E-state index in [9.17, 15) is 4.79 Å². The highest BCUT2D eigenvalue weighted by Gasteiger charge is 2.06. The average molecular weight is 344 g/mol. The van der Waals surface area contributed by atoms with Gasteiger partial charge in [-0.15, -0.1) is 0 Å². The van der Waals surface area contributed by atoms with Crippen LogP contribution in [-0.2, 0) is 6.42 Å². The number of nitrogens with one attached hydrogen (secondary N) is 1. The highest BCUT2D eigenvalue weighted by atomic mass is 16.5. The van der Waals surface area contributed by atoms with Gasteiger partial charge in [0.15, 0.2) is 0 Å². The minimum atomic E-state index is -0.991. The Kier molecular flexibility index (Phi) is 6.62. The van der Waals surface area contributed by atoms with Gasteiger partial charge >= 0.3 is 6.09 Å². The van der Waals surface area contributed by atoms with Gasteiger partial charge in [0.1, 0.15) is 11.5 Å². The fraction of sp³-hybridized carbons (Fsp3) is 0.368. The van der Waals surface area contributed by atoms with E-state index < -0.39 is 6.09 Å². The monoisotopic (exact) mass is 344 g/mol. The second-order valence-electron chi connectivity index (χ2n) is 6.13. The first kappa shape index (κ1) is 18.6. The topological polar surface area (TPSA) is 80.7 Å². The second-order valence-corrected chi connectivity index (χ2v) is 6.13. The molecule has 1 aromatic heterocycles. The molecule has 0 aliphatic heterocycles. The van der Waals surface area contributed by atoms with Crippen molar-refractivity contribution in [1.82, 2.24) is 10.3 Å². The van der Waals surface area contributed by atoms with Gasteiger partial charge < -0.3 is 19.9 Å².